The second kappa shape index (κ2) is 6.81. The molecule has 2 N–H and O–H groups in total. The molecule has 1 aromatic carbocycles. The Kier molecular flexibility index (Phi) is 5.71. The van der Waals surface area contributed by atoms with Crippen LogP contribution in [0.15, 0.2) is 24.3 Å². The van der Waals surface area contributed by atoms with Crippen molar-refractivity contribution in [3.63, 3.8) is 0 Å². The molecular formula is C13H21NOS. The fourth-order valence-corrected chi connectivity index (χ4v) is 3.02. The smallest absolute Gasteiger partial charge is 0.0488 e. The van der Waals surface area contributed by atoms with Crippen LogP contribution in [-0.4, -0.2) is 9.96 Å². The normalized spacial score (nSPS) is 13.0. The summed E-state index contributed by atoms with van der Waals surface area (Å²) in [7, 11) is -0.759. The molecule has 1 rings (SSSR count). The monoisotopic (exact) mass is 239 g/mol. The van der Waals surface area contributed by atoms with Crippen molar-refractivity contribution in [3.8, 4) is 0 Å². The van der Waals surface area contributed by atoms with E-state index >= 15 is 0 Å². The van der Waals surface area contributed by atoms with E-state index in [-0.39, 0.29) is 0 Å². The van der Waals surface area contributed by atoms with E-state index in [0.717, 1.165) is 23.3 Å². The van der Waals surface area contributed by atoms with Gasteiger partial charge in [0.2, 0.25) is 0 Å². The number of hydrogen-bond acceptors (Lipinski definition) is 2. The molecule has 3 heteroatoms. The van der Waals surface area contributed by atoms with Crippen molar-refractivity contribution in [2.75, 3.05) is 5.75 Å². The van der Waals surface area contributed by atoms with Crippen molar-refractivity contribution in [1.82, 2.24) is 0 Å². The van der Waals surface area contributed by atoms with Crippen LogP contribution >= 0.6 is 0 Å². The van der Waals surface area contributed by atoms with Gasteiger partial charge in [-0.3, -0.25) is 4.21 Å². The average molecular weight is 239 g/mol. The Morgan fingerprint density at radius 3 is 2.44 bits per heavy atom. The maximum absolute atomic E-state index is 11.9. The predicted octanol–water partition coefficient (Wildman–Crippen LogP) is 2.44. The number of hydrogen-bond donors (Lipinski definition) is 1. The first kappa shape index (κ1) is 13.4. The molecule has 1 aromatic rings. The highest BCUT2D eigenvalue weighted by molar-refractivity contribution is 7.84. The highest BCUT2D eigenvalue weighted by atomic mass is 32.2. The lowest BCUT2D eigenvalue weighted by molar-refractivity contribution is 0.619. The zero-order chi connectivity index (χ0) is 12.0. The standard InChI is InChI=1S/C13H21NOS/c1-11(2)7-8-16(15)10-13-6-4-3-5-12(13)9-14/h3-6,11H,7-10,14H2,1-2H3. The minimum atomic E-state index is -0.759. The van der Waals surface area contributed by atoms with Crippen molar-refractivity contribution >= 4 is 10.8 Å². The minimum Gasteiger partial charge on any atom is -0.326 e. The maximum Gasteiger partial charge on any atom is 0.0488 e. The van der Waals surface area contributed by atoms with Crippen LogP contribution < -0.4 is 5.73 Å². The summed E-state index contributed by atoms with van der Waals surface area (Å²) in [5.41, 5.74) is 7.89. The Hall–Kier alpha value is -0.670. The van der Waals surface area contributed by atoms with Crippen LogP contribution in [0.25, 0.3) is 0 Å². The Morgan fingerprint density at radius 1 is 1.25 bits per heavy atom. The van der Waals surface area contributed by atoms with Gasteiger partial charge in [0.1, 0.15) is 0 Å². The van der Waals surface area contributed by atoms with Gasteiger partial charge in [-0.15, -0.1) is 0 Å². The molecule has 0 aromatic heterocycles. The van der Waals surface area contributed by atoms with Crippen molar-refractivity contribution in [2.45, 2.75) is 32.6 Å². The first-order valence-corrected chi connectivity index (χ1v) is 7.24. The van der Waals surface area contributed by atoms with Gasteiger partial charge in [0, 0.05) is 28.9 Å². The van der Waals surface area contributed by atoms with Crippen LogP contribution in [0.1, 0.15) is 31.4 Å². The van der Waals surface area contributed by atoms with E-state index in [1.54, 1.807) is 0 Å². The fourth-order valence-electron chi connectivity index (χ4n) is 1.51. The summed E-state index contributed by atoms with van der Waals surface area (Å²) in [6, 6.07) is 7.99. The van der Waals surface area contributed by atoms with Crippen molar-refractivity contribution in [3.05, 3.63) is 35.4 Å². The summed E-state index contributed by atoms with van der Waals surface area (Å²) in [5, 5.41) is 0. The number of rotatable bonds is 6. The van der Waals surface area contributed by atoms with E-state index < -0.39 is 10.8 Å². The van der Waals surface area contributed by atoms with Crippen LogP contribution in [0.5, 0.6) is 0 Å². The largest absolute Gasteiger partial charge is 0.326 e. The molecule has 0 aliphatic heterocycles. The highest BCUT2D eigenvalue weighted by Crippen LogP contribution is 2.12. The summed E-state index contributed by atoms with van der Waals surface area (Å²) in [5.74, 6) is 2.05. The van der Waals surface area contributed by atoms with E-state index in [1.807, 2.05) is 24.3 Å². The summed E-state index contributed by atoms with van der Waals surface area (Å²) in [4.78, 5) is 0. The molecule has 16 heavy (non-hydrogen) atoms. The van der Waals surface area contributed by atoms with E-state index in [1.165, 1.54) is 0 Å². The van der Waals surface area contributed by atoms with E-state index in [2.05, 4.69) is 13.8 Å². The average Bonchev–Trinajstić information content (AvgIpc) is 2.27. The molecule has 0 aliphatic rings. The molecule has 90 valence electrons. The SMILES string of the molecule is CC(C)CCS(=O)Cc1ccccc1CN. The number of benzene rings is 1. The molecule has 0 spiro atoms. The second-order valence-corrected chi connectivity index (χ2v) is 6.02. The summed E-state index contributed by atoms with van der Waals surface area (Å²) < 4.78 is 11.9. The van der Waals surface area contributed by atoms with Crippen LogP contribution in [0.4, 0.5) is 0 Å². The van der Waals surface area contributed by atoms with Gasteiger partial charge >= 0.3 is 0 Å². The number of nitrogens with two attached hydrogens (primary N) is 1. The molecule has 2 nitrogen and oxygen atoms in total. The van der Waals surface area contributed by atoms with Gasteiger partial charge in [0.15, 0.2) is 0 Å². The predicted molar refractivity (Wildman–Crippen MR) is 70.5 cm³/mol. The van der Waals surface area contributed by atoms with E-state index in [9.17, 15) is 4.21 Å². The van der Waals surface area contributed by atoms with Gasteiger partial charge in [-0.1, -0.05) is 38.1 Å². The quantitative estimate of drug-likeness (QED) is 0.828. The third-order valence-electron chi connectivity index (χ3n) is 2.58. The van der Waals surface area contributed by atoms with Gasteiger partial charge < -0.3 is 5.73 Å². The van der Waals surface area contributed by atoms with Crippen LogP contribution in [0.3, 0.4) is 0 Å². The van der Waals surface area contributed by atoms with Crippen LogP contribution in [-0.2, 0) is 23.1 Å². The third-order valence-corrected chi connectivity index (χ3v) is 3.90. The molecule has 0 radical (unpaired) electrons. The second-order valence-electron chi connectivity index (χ2n) is 4.44. The molecule has 0 amide bonds. The molecule has 0 bridgehead atoms. The molecule has 1 unspecified atom stereocenters. The lowest BCUT2D eigenvalue weighted by atomic mass is 10.1. The highest BCUT2D eigenvalue weighted by Gasteiger charge is 2.06. The van der Waals surface area contributed by atoms with E-state index in [4.69, 9.17) is 5.73 Å². The Labute approximate surface area is 101 Å². The van der Waals surface area contributed by atoms with Crippen LogP contribution in [0, 0.1) is 5.92 Å². The van der Waals surface area contributed by atoms with Crippen LogP contribution in [0.2, 0.25) is 0 Å². The third kappa shape index (κ3) is 4.45. The molecule has 0 saturated heterocycles. The van der Waals surface area contributed by atoms with Gasteiger partial charge in [-0.05, 0) is 23.5 Å². The molecule has 0 heterocycles. The van der Waals surface area contributed by atoms with Gasteiger partial charge in [0.05, 0.1) is 0 Å². The molecule has 0 aliphatic carbocycles. The van der Waals surface area contributed by atoms with Crippen molar-refractivity contribution in [1.29, 1.82) is 0 Å². The molecule has 0 fully saturated rings. The summed E-state index contributed by atoms with van der Waals surface area (Å²) in [6.07, 6.45) is 1.03. The van der Waals surface area contributed by atoms with Gasteiger partial charge in [-0.25, -0.2) is 0 Å². The van der Waals surface area contributed by atoms with Gasteiger partial charge in [-0.2, -0.15) is 0 Å². The first-order chi connectivity index (χ1) is 7.63. The zero-order valence-electron chi connectivity index (χ0n) is 10.1. The zero-order valence-corrected chi connectivity index (χ0v) is 10.9. The molecular weight excluding hydrogens is 218 g/mol. The Bertz CT molecular complexity index is 350. The van der Waals surface area contributed by atoms with Crippen molar-refractivity contribution in [2.24, 2.45) is 11.7 Å². The molecule has 1 atom stereocenters. The topological polar surface area (TPSA) is 43.1 Å². The minimum absolute atomic E-state index is 0.525. The first-order valence-electron chi connectivity index (χ1n) is 5.75. The lowest BCUT2D eigenvalue weighted by Gasteiger charge is -2.08. The van der Waals surface area contributed by atoms with E-state index in [0.29, 0.717) is 18.2 Å². The maximum atomic E-state index is 11.9. The fraction of sp³-hybridized carbons (Fsp3) is 0.538. The van der Waals surface area contributed by atoms with Crippen molar-refractivity contribution < 1.29 is 4.21 Å². The molecule has 0 saturated carbocycles. The summed E-state index contributed by atoms with van der Waals surface area (Å²) >= 11 is 0. The van der Waals surface area contributed by atoms with Gasteiger partial charge in [0.25, 0.3) is 0 Å². The lowest BCUT2D eigenvalue weighted by Crippen LogP contribution is -2.07. The summed E-state index contributed by atoms with van der Waals surface area (Å²) in [6.45, 7) is 4.84. The Balaban J connectivity index is 2.55. The Morgan fingerprint density at radius 2 is 1.88 bits per heavy atom.